The largest absolute Gasteiger partial charge is 0.508 e. The minimum atomic E-state index is -0.479. The lowest BCUT2D eigenvalue weighted by atomic mass is 10.2. The van der Waals surface area contributed by atoms with Gasteiger partial charge in [-0.05, 0) is 19.9 Å². The molecule has 0 unspecified atom stereocenters. The van der Waals surface area contributed by atoms with Gasteiger partial charge in [-0.25, -0.2) is 0 Å². The number of nitrogens with one attached hydrogen (secondary N) is 1. The van der Waals surface area contributed by atoms with Gasteiger partial charge in [0.15, 0.2) is 5.79 Å². The van der Waals surface area contributed by atoms with Gasteiger partial charge >= 0.3 is 0 Å². The smallest absolute Gasteiger partial charge is 0.162 e. The van der Waals surface area contributed by atoms with Crippen LogP contribution in [0, 0.1) is 0 Å². The highest BCUT2D eigenvalue weighted by molar-refractivity contribution is 5.31. The lowest BCUT2D eigenvalue weighted by molar-refractivity contribution is -0.253. The maximum Gasteiger partial charge on any atom is 0.162 e. The van der Waals surface area contributed by atoms with Crippen LogP contribution >= 0.6 is 0 Å². The normalized spacial score (nSPS) is 20.4. The lowest BCUT2D eigenvalue weighted by Gasteiger charge is -2.35. The second-order valence-corrected chi connectivity index (χ2v) is 4.73. The number of aromatic hydroxyl groups is 1. The molecule has 2 rings (SSSR count). The van der Waals surface area contributed by atoms with E-state index in [1.807, 2.05) is 32.0 Å². The Morgan fingerprint density at radius 1 is 1.29 bits per heavy atom. The molecule has 1 aliphatic rings. The topological polar surface area (TPSA) is 50.7 Å². The molecule has 0 spiro atoms. The van der Waals surface area contributed by atoms with Gasteiger partial charge in [-0.1, -0.05) is 18.2 Å². The summed E-state index contributed by atoms with van der Waals surface area (Å²) in [5.41, 5.74) is 0.886. The van der Waals surface area contributed by atoms with Crippen molar-refractivity contribution in [1.29, 1.82) is 0 Å². The van der Waals surface area contributed by atoms with Gasteiger partial charge in [0.2, 0.25) is 0 Å². The molecule has 17 heavy (non-hydrogen) atoms. The Morgan fingerprint density at radius 2 is 1.94 bits per heavy atom. The van der Waals surface area contributed by atoms with Gasteiger partial charge in [0.05, 0.1) is 19.3 Å². The lowest BCUT2D eigenvalue weighted by Crippen LogP contribution is -2.48. The highest BCUT2D eigenvalue weighted by Gasteiger charge is 2.27. The van der Waals surface area contributed by atoms with Crippen molar-refractivity contribution < 1.29 is 14.6 Å². The van der Waals surface area contributed by atoms with Crippen LogP contribution in [0.2, 0.25) is 0 Å². The molecule has 0 saturated carbocycles. The minimum absolute atomic E-state index is 0.169. The third kappa shape index (κ3) is 3.43. The van der Waals surface area contributed by atoms with E-state index in [1.54, 1.807) is 6.07 Å². The number of para-hydroxylation sites is 1. The first-order chi connectivity index (χ1) is 8.07. The van der Waals surface area contributed by atoms with Crippen LogP contribution in [0.1, 0.15) is 19.4 Å². The number of hydrogen-bond acceptors (Lipinski definition) is 4. The zero-order chi connectivity index (χ0) is 12.3. The summed E-state index contributed by atoms with van der Waals surface area (Å²) < 4.78 is 11.1. The number of benzene rings is 1. The Balaban J connectivity index is 1.82. The summed E-state index contributed by atoms with van der Waals surface area (Å²) in [4.78, 5) is 0. The van der Waals surface area contributed by atoms with Crippen LogP contribution in [-0.2, 0) is 16.0 Å². The summed E-state index contributed by atoms with van der Waals surface area (Å²) in [6.45, 7) is 5.68. The first-order valence-electron chi connectivity index (χ1n) is 5.85. The molecule has 1 heterocycles. The zero-order valence-corrected chi connectivity index (χ0v) is 10.3. The van der Waals surface area contributed by atoms with Crippen molar-refractivity contribution in [3.8, 4) is 5.75 Å². The molecule has 1 aromatic carbocycles. The molecule has 0 atom stereocenters. The molecule has 2 N–H and O–H groups in total. The zero-order valence-electron chi connectivity index (χ0n) is 10.3. The predicted molar refractivity (Wildman–Crippen MR) is 64.7 cm³/mol. The van der Waals surface area contributed by atoms with Crippen molar-refractivity contribution in [1.82, 2.24) is 5.32 Å². The van der Waals surface area contributed by atoms with E-state index in [0.29, 0.717) is 25.5 Å². The maximum atomic E-state index is 9.62. The molecule has 1 fully saturated rings. The van der Waals surface area contributed by atoms with Crippen LogP contribution in [0.5, 0.6) is 5.75 Å². The van der Waals surface area contributed by atoms with Crippen LogP contribution in [0.4, 0.5) is 0 Å². The fourth-order valence-corrected chi connectivity index (χ4v) is 1.72. The average molecular weight is 237 g/mol. The standard InChI is InChI=1S/C13H19NO3/c1-13(2)16-8-11(9-17-13)14-7-10-5-3-4-6-12(10)15/h3-6,11,14-15H,7-9H2,1-2H3. The van der Waals surface area contributed by atoms with Gasteiger partial charge in [-0.2, -0.15) is 0 Å². The molecular weight excluding hydrogens is 218 g/mol. The highest BCUT2D eigenvalue weighted by atomic mass is 16.7. The molecule has 0 aliphatic carbocycles. The molecule has 0 bridgehead atoms. The molecular formula is C13H19NO3. The van der Waals surface area contributed by atoms with E-state index < -0.39 is 5.79 Å². The molecule has 1 aromatic rings. The predicted octanol–water partition coefficient (Wildman–Crippen LogP) is 1.63. The van der Waals surface area contributed by atoms with E-state index >= 15 is 0 Å². The van der Waals surface area contributed by atoms with Gasteiger partial charge in [0.25, 0.3) is 0 Å². The van der Waals surface area contributed by atoms with Crippen LogP contribution in [0.3, 0.4) is 0 Å². The number of phenols is 1. The number of phenolic OH excluding ortho intramolecular Hbond substituents is 1. The Labute approximate surface area is 102 Å². The highest BCUT2D eigenvalue weighted by Crippen LogP contribution is 2.18. The SMILES string of the molecule is CC1(C)OCC(NCc2ccccc2O)CO1. The summed E-state index contributed by atoms with van der Waals surface area (Å²) in [6.07, 6.45) is 0. The third-order valence-electron chi connectivity index (χ3n) is 2.84. The van der Waals surface area contributed by atoms with Crippen LogP contribution in [-0.4, -0.2) is 30.1 Å². The van der Waals surface area contributed by atoms with Crippen LogP contribution in [0.15, 0.2) is 24.3 Å². The fraction of sp³-hybridized carbons (Fsp3) is 0.538. The van der Waals surface area contributed by atoms with Gasteiger partial charge in [0.1, 0.15) is 5.75 Å². The van der Waals surface area contributed by atoms with Gasteiger partial charge in [-0.15, -0.1) is 0 Å². The first-order valence-corrected chi connectivity index (χ1v) is 5.85. The van der Waals surface area contributed by atoms with E-state index in [0.717, 1.165) is 5.56 Å². The Kier molecular flexibility index (Phi) is 3.66. The van der Waals surface area contributed by atoms with Gasteiger partial charge in [0, 0.05) is 12.1 Å². The third-order valence-corrected chi connectivity index (χ3v) is 2.84. The monoisotopic (exact) mass is 237 g/mol. The second-order valence-electron chi connectivity index (χ2n) is 4.73. The van der Waals surface area contributed by atoms with Gasteiger partial charge in [-0.3, -0.25) is 0 Å². The average Bonchev–Trinajstić information content (AvgIpc) is 2.30. The Hall–Kier alpha value is -1.10. The van der Waals surface area contributed by atoms with Crippen molar-refractivity contribution in [2.45, 2.75) is 32.2 Å². The Bertz CT molecular complexity index is 369. The molecule has 0 aromatic heterocycles. The minimum Gasteiger partial charge on any atom is -0.508 e. The maximum absolute atomic E-state index is 9.62. The molecule has 1 saturated heterocycles. The van der Waals surface area contributed by atoms with Crippen molar-refractivity contribution in [2.75, 3.05) is 13.2 Å². The van der Waals surface area contributed by atoms with Gasteiger partial charge < -0.3 is 19.9 Å². The molecule has 4 heteroatoms. The first kappa shape index (κ1) is 12.4. The molecule has 0 radical (unpaired) electrons. The fourth-order valence-electron chi connectivity index (χ4n) is 1.72. The number of hydrogen-bond donors (Lipinski definition) is 2. The second kappa shape index (κ2) is 5.04. The van der Waals surface area contributed by atoms with Crippen LogP contribution in [0.25, 0.3) is 0 Å². The van der Waals surface area contributed by atoms with E-state index in [9.17, 15) is 5.11 Å². The molecule has 1 aliphatic heterocycles. The molecule has 94 valence electrons. The quantitative estimate of drug-likeness (QED) is 0.839. The summed E-state index contributed by atoms with van der Waals surface area (Å²) in [5.74, 6) is -0.162. The van der Waals surface area contributed by atoms with E-state index in [4.69, 9.17) is 9.47 Å². The summed E-state index contributed by atoms with van der Waals surface area (Å²) >= 11 is 0. The van der Waals surface area contributed by atoms with E-state index in [1.165, 1.54) is 0 Å². The van der Waals surface area contributed by atoms with Crippen molar-refractivity contribution in [2.24, 2.45) is 0 Å². The molecule has 0 amide bonds. The van der Waals surface area contributed by atoms with Crippen molar-refractivity contribution >= 4 is 0 Å². The molecule has 4 nitrogen and oxygen atoms in total. The summed E-state index contributed by atoms with van der Waals surface area (Å²) in [6, 6.07) is 7.48. The number of ether oxygens (including phenoxy) is 2. The van der Waals surface area contributed by atoms with E-state index in [-0.39, 0.29) is 6.04 Å². The van der Waals surface area contributed by atoms with E-state index in [2.05, 4.69) is 5.32 Å². The summed E-state index contributed by atoms with van der Waals surface area (Å²) in [5, 5.41) is 12.9. The summed E-state index contributed by atoms with van der Waals surface area (Å²) in [7, 11) is 0. The van der Waals surface area contributed by atoms with Crippen LogP contribution < -0.4 is 5.32 Å². The number of rotatable bonds is 3. The van der Waals surface area contributed by atoms with Crippen molar-refractivity contribution in [3.05, 3.63) is 29.8 Å². The Morgan fingerprint density at radius 3 is 2.59 bits per heavy atom. The van der Waals surface area contributed by atoms with Crippen molar-refractivity contribution in [3.63, 3.8) is 0 Å².